The molecule has 2 heterocycles. The van der Waals surface area contributed by atoms with Crippen molar-refractivity contribution in [2.24, 2.45) is 0 Å². The van der Waals surface area contributed by atoms with Gasteiger partial charge in [-0.3, -0.25) is 19.0 Å². The molecular weight excluding hydrogens is 476 g/mol. The van der Waals surface area contributed by atoms with E-state index < -0.39 is 10.0 Å². The number of sulfonamides is 1. The third-order valence-corrected chi connectivity index (χ3v) is 8.51. The molecule has 1 aromatic heterocycles. The Kier molecular flexibility index (Phi) is 6.61. The molecule has 1 aliphatic heterocycles. The molecule has 11 heteroatoms. The topological polar surface area (TPSA) is 109 Å². The number of fused-ring (bicyclic) bond motifs is 1. The van der Waals surface area contributed by atoms with Crippen LogP contribution in [0.4, 0.5) is 5.69 Å². The molecule has 2 amide bonds. The van der Waals surface area contributed by atoms with Crippen LogP contribution in [0.3, 0.4) is 0 Å². The minimum atomic E-state index is -3.77. The molecule has 0 saturated carbocycles. The van der Waals surface area contributed by atoms with Gasteiger partial charge in [0.05, 0.1) is 15.1 Å². The maximum absolute atomic E-state index is 13.3. The van der Waals surface area contributed by atoms with E-state index in [2.05, 4.69) is 5.32 Å². The Bertz CT molecular complexity index is 1420. The van der Waals surface area contributed by atoms with Gasteiger partial charge < -0.3 is 10.2 Å². The smallest absolute Gasteiger partial charge is 0.308 e. The third kappa shape index (κ3) is 4.63. The molecule has 0 aliphatic carbocycles. The summed E-state index contributed by atoms with van der Waals surface area (Å²) in [6, 6.07) is 11.4. The van der Waals surface area contributed by atoms with E-state index in [1.165, 1.54) is 17.3 Å². The minimum Gasteiger partial charge on any atom is -0.336 e. The number of carbonyl (C=O) groups is 2. The van der Waals surface area contributed by atoms with Gasteiger partial charge in [0.1, 0.15) is 0 Å². The molecule has 1 fully saturated rings. The summed E-state index contributed by atoms with van der Waals surface area (Å²) in [6.45, 7) is 6.06. The van der Waals surface area contributed by atoms with Gasteiger partial charge in [-0.05, 0) is 50.2 Å². The molecule has 1 saturated heterocycles. The van der Waals surface area contributed by atoms with Gasteiger partial charge in [0.2, 0.25) is 15.9 Å². The second-order valence-electron chi connectivity index (χ2n) is 8.42. The SMILES string of the molecule is CC(=O)Nc1cccc(C(=O)N2CCN(S(=O)(=O)c3ccc4c(c3)sc(=O)n4C(C)C)CC2)c1. The zero-order valence-electron chi connectivity index (χ0n) is 19.1. The van der Waals surface area contributed by atoms with Crippen molar-refractivity contribution in [1.29, 1.82) is 0 Å². The van der Waals surface area contributed by atoms with Gasteiger partial charge >= 0.3 is 4.87 Å². The number of piperazine rings is 1. The van der Waals surface area contributed by atoms with Crippen molar-refractivity contribution < 1.29 is 18.0 Å². The summed E-state index contributed by atoms with van der Waals surface area (Å²) in [5, 5.41) is 2.65. The van der Waals surface area contributed by atoms with E-state index in [0.717, 1.165) is 16.9 Å². The van der Waals surface area contributed by atoms with E-state index in [1.54, 1.807) is 45.9 Å². The van der Waals surface area contributed by atoms with E-state index >= 15 is 0 Å². The van der Waals surface area contributed by atoms with Gasteiger partial charge in [0.25, 0.3) is 5.91 Å². The molecule has 0 atom stereocenters. The number of rotatable bonds is 5. The third-order valence-electron chi connectivity index (χ3n) is 5.69. The molecule has 1 N–H and O–H groups in total. The fourth-order valence-electron chi connectivity index (χ4n) is 4.06. The summed E-state index contributed by atoms with van der Waals surface area (Å²) in [4.78, 5) is 38.1. The fourth-order valence-corrected chi connectivity index (χ4v) is 6.64. The Morgan fingerprint density at radius 2 is 1.74 bits per heavy atom. The Hall–Kier alpha value is -3.02. The lowest BCUT2D eigenvalue weighted by Gasteiger charge is -2.34. The van der Waals surface area contributed by atoms with Crippen LogP contribution in [0.1, 0.15) is 37.2 Å². The maximum Gasteiger partial charge on any atom is 0.308 e. The summed E-state index contributed by atoms with van der Waals surface area (Å²) in [7, 11) is -3.77. The molecule has 9 nitrogen and oxygen atoms in total. The second-order valence-corrected chi connectivity index (χ2v) is 11.4. The van der Waals surface area contributed by atoms with Crippen molar-refractivity contribution in [1.82, 2.24) is 13.8 Å². The first-order chi connectivity index (χ1) is 16.1. The highest BCUT2D eigenvalue weighted by atomic mass is 32.2. The maximum atomic E-state index is 13.3. The molecule has 3 aromatic rings. The van der Waals surface area contributed by atoms with Crippen LogP contribution in [0.5, 0.6) is 0 Å². The summed E-state index contributed by atoms with van der Waals surface area (Å²) < 4.78 is 30.2. The minimum absolute atomic E-state index is 0.0201. The van der Waals surface area contributed by atoms with E-state index in [0.29, 0.717) is 16.0 Å². The first kappa shape index (κ1) is 24.1. The molecule has 180 valence electrons. The lowest BCUT2D eigenvalue weighted by molar-refractivity contribution is -0.114. The standard InChI is InChI=1S/C23H26N4O5S2/c1-15(2)27-20-8-7-19(14-21(20)33-23(27)30)34(31,32)26-11-9-25(10-12-26)22(29)17-5-4-6-18(13-17)24-16(3)28/h4-8,13-15H,9-12H2,1-3H3,(H,24,28). The van der Waals surface area contributed by atoms with Gasteiger partial charge in [0, 0.05) is 50.4 Å². The van der Waals surface area contributed by atoms with Crippen LogP contribution in [0, 0.1) is 0 Å². The van der Waals surface area contributed by atoms with E-state index in [4.69, 9.17) is 0 Å². The average molecular weight is 503 g/mol. The van der Waals surface area contributed by atoms with Crippen LogP contribution in [-0.4, -0.2) is 60.2 Å². The molecule has 0 spiro atoms. The van der Waals surface area contributed by atoms with Crippen LogP contribution in [0.15, 0.2) is 52.2 Å². The van der Waals surface area contributed by atoms with E-state index in [-0.39, 0.29) is 53.8 Å². The molecule has 1 aliphatic rings. The van der Waals surface area contributed by atoms with Crippen LogP contribution in [0.25, 0.3) is 10.2 Å². The number of nitrogens with one attached hydrogen (secondary N) is 1. The van der Waals surface area contributed by atoms with Crippen molar-refractivity contribution in [3.05, 3.63) is 57.7 Å². The number of hydrogen-bond acceptors (Lipinski definition) is 6. The number of hydrogen-bond donors (Lipinski definition) is 1. The predicted octanol–water partition coefficient (Wildman–Crippen LogP) is 2.75. The van der Waals surface area contributed by atoms with Crippen molar-refractivity contribution in [2.75, 3.05) is 31.5 Å². The van der Waals surface area contributed by atoms with Gasteiger partial charge in [-0.2, -0.15) is 4.31 Å². The van der Waals surface area contributed by atoms with Crippen LogP contribution in [0.2, 0.25) is 0 Å². The van der Waals surface area contributed by atoms with E-state index in [9.17, 15) is 22.8 Å². The van der Waals surface area contributed by atoms with Gasteiger partial charge in [-0.1, -0.05) is 17.4 Å². The lowest BCUT2D eigenvalue weighted by Crippen LogP contribution is -2.50. The highest BCUT2D eigenvalue weighted by Crippen LogP contribution is 2.26. The Labute approximate surface area is 201 Å². The van der Waals surface area contributed by atoms with Crippen molar-refractivity contribution in [3.63, 3.8) is 0 Å². The zero-order chi connectivity index (χ0) is 24.6. The highest BCUT2D eigenvalue weighted by molar-refractivity contribution is 7.89. The number of aromatic nitrogens is 1. The monoisotopic (exact) mass is 502 g/mol. The number of carbonyl (C=O) groups excluding carboxylic acids is 2. The number of anilines is 1. The average Bonchev–Trinajstić information content (AvgIpc) is 3.13. The Morgan fingerprint density at radius 1 is 1.03 bits per heavy atom. The summed E-state index contributed by atoms with van der Waals surface area (Å²) in [5.74, 6) is -0.444. The number of benzene rings is 2. The Balaban J connectivity index is 1.49. The van der Waals surface area contributed by atoms with Gasteiger partial charge in [-0.25, -0.2) is 8.42 Å². The molecule has 4 rings (SSSR count). The normalized spacial score (nSPS) is 15.1. The van der Waals surface area contributed by atoms with Crippen LogP contribution >= 0.6 is 11.3 Å². The number of thiazole rings is 1. The summed E-state index contributed by atoms with van der Waals surface area (Å²) in [6.07, 6.45) is 0. The number of nitrogens with zero attached hydrogens (tertiary/aromatic N) is 3. The second kappa shape index (κ2) is 9.32. The van der Waals surface area contributed by atoms with Gasteiger partial charge in [0.15, 0.2) is 0 Å². The highest BCUT2D eigenvalue weighted by Gasteiger charge is 2.31. The Morgan fingerprint density at radius 3 is 2.38 bits per heavy atom. The molecule has 0 radical (unpaired) electrons. The molecule has 0 unspecified atom stereocenters. The van der Waals surface area contributed by atoms with Crippen molar-refractivity contribution >= 4 is 49.1 Å². The zero-order valence-corrected chi connectivity index (χ0v) is 20.8. The van der Waals surface area contributed by atoms with Crippen molar-refractivity contribution in [3.8, 4) is 0 Å². The quantitative estimate of drug-likeness (QED) is 0.577. The van der Waals surface area contributed by atoms with Crippen LogP contribution < -0.4 is 10.2 Å². The largest absolute Gasteiger partial charge is 0.336 e. The molecule has 2 aromatic carbocycles. The van der Waals surface area contributed by atoms with Gasteiger partial charge in [-0.15, -0.1) is 0 Å². The molecule has 34 heavy (non-hydrogen) atoms. The number of amides is 2. The predicted molar refractivity (Wildman–Crippen MR) is 132 cm³/mol. The lowest BCUT2D eigenvalue weighted by atomic mass is 10.1. The fraction of sp³-hybridized carbons (Fsp3) is 0.348. The first-order valence-corrected chi connectivity index (χ1v) is 13.2. The molecular formula is C23H26N4O5S2. The van der Waals surface area contributed by atoms with Crippen LogP contribution in [-0.2, 0) is 14.8 Å². The summed E-state index contributed by atoms with van der Waals surface area (Å²) >= 11 is 1.04. The van der Waals surface area contributed by atoms with E-state index in [1.807, 2.05) is 13.8 Å². The van der Waals surface area contributed by atoms with Crippen molar-refractivity contribution in [2.45, 2.75) is 31.7 Å². The summed E-state index contributed by atoms with van der Waals surface area (Å²) in [5.41, 5.74) is 1.68. The first-order valence-electron chi connectivity index (χ1n) is 10.9. The molecule has 0 bridgehead atoms.